The number of rotatable bonds is 8. The molecule has 5 heteroatoms. The molecule has 2 aromatic heterocycles. The van der Waals surface area contributed by atoms with Crippen molar-refractivity contribution < 1.29 is 11.0 Å². The topological polar surface area (TPSA) is 16.3 Å². The Morgan fingerprint density at radius 2 is 0.567 bits per heavy atom. The van der Waals surface area contributed by atoms with Gasteiger partial charge in [0.2, 0.25) is 0 Å². The van der Waals surface area contributed by atoms with E-state index in [-0.39, 0.29) is 89.3 Å². The summed E-state index contributed by atoms with van der Waals surface area (Å²) in [5, 5.41) is 2.40. The second-order valence-corrected chi connectivity index (χ2v) is 48.3. The maximum Gasteiger partial charge on any atom is 0.252 e. The maximum absolute atomic E-state index is 10.2. The summed E-state index contributed by atoms with van der Waals surface area (Å²) in [6.07, 6.45) is 0. The molecule has 0 N–H and O–H groups in total. The van der Waals surface area contributed by atoms with Crippen LogP contribution in [0.2, 0.25) is 0 Å². The van der Waals surface area contributed by atoms with E-state index in [1.807, 2.05) is 6.07 Å². The van der Waals surface area contributed by atoms with E-state index < -0.39 is 47.1 Å². The van der Waals surface area contributed by atoms with Crippen LogP contribution in [0, 0.1) is 0 Å². The Balaban J connectivity index is 1.16. The Hall–Kier alpha value is -10.9. The Kier molecular flexibility index (Phi) is 18.4. The lowest BCUT2D eigenvalue weighted by molar-refractivity contribution is 0.569. The van der Waals surface area contributed by atoms with Crippen LogP contribution in [-0.4, -0.2) is 15.8 Å². The van der Waals surface area contributed by atoms with Crippen LogP contribution < -0.4 is 26.2 Å². The van der Waals surface area contributed by atoms with Gasteiger partial charge >= 0.3 is 0 Å². The average Bonchev–Trinajstić information content (AvgIpc) is 0.751. The number of benzene rings is 13. The predicted octanol–water partition coefficient (Wildman–Crippen LogP) is 32.9. The fraction of sp³-hybridized carbons (Fsp3) is 0.361. The fourth-order valence-corrected chi connectivity index (χ4v) is 19.8. The summed E-state index contributed by atoms with van der Waals surface area (Å²) in [5.41, 5.74) is 30.8. The van der Waals surface area contributed by atoms with Gasteiger partial charge in [-0.15, -0.1) is 0 Å². The smallest absolute Gasteiger partial charge is 0.252 e. The van der Waals surface area contributed by atoms with E-state index in [1.54, 1.807) is 4.57 Å². The molecular weight excluding hydrogens is 1530 g/mol. The van der Waals surface area contributed by atoms with Crippen molar-refractivity contribution in [1.82, 2.24) is 9.13 Å². The molecule has 0 saturated carbocycles. The predicted molar refractivity (Wildman–Crippen MR) is 557 cm³/mol. The highest BCUT2D eigenvalue weighted by Crippen LogP contribution is 2.59. The lowest BCUT2D eigenvalue weighted by Crippen LogP contribution is -2.61. The van der Waals surface area contributed by atoms with Crippen molar-refractivity contribution in [3.8, 4) is 55.9 Å². The number of hydrogen-bond acceptors (Lipinski definition) is 2. The Labute approximate surface area is 773 Å². The van der Waals surface area contributed by atoms with Gasteiger partial charge in [0.05, 0.1) is 44.4 Å². The maximum atomic E-state index is 10.2. The zero-order valence-electron chi connectivity index (χ0n) is 90.3. The lowest BCUT2D eigenvalue weighted by Gasteiger charge is -2.47. The van der Waals surface area contributed by atoms with Crippen molar-refractivity contribution >= 4 is 101 Å². The van der Waals surface area contributed by atoms with Crippen LogP contribution in [0.1, 0.15) is 301 Å². The highest BCUT2D eigenvalue weighted by Gasteiger charge is 2.48. The van der Waals surface area contributed by atoms with Crippen molar-refractivity contribution in [1.29, 1.82) is 0 Å². The van der Waals surface area contributed by atoms with Gasteiger partial charge in [-0.1, -0.05) is 374 Å². The number of aromatic nitrogens is 2. The molecule has 15 aromatic rings. The second-order valence-electron chi connectivity index (χ2n) is 48.3. The monoisotopic (exact) mass is 1680 g/mol. The highest BCUT2D eigenvalue weighted by atomic mass is 15.2. The van der Waals surface area contributed by atoms with E-state index in [2.05, 4.69) is 431 Å². The van der Waals surface area contributed by atoms with Crippen molar-refractivity contribution in [2.45, 2.75) is 288 Å². The minimum Gasteiger partial charge on any atom is -0.310 e. The van der Waals surface area contributed by atoms with E-state index in [9.17, 15) is 11.0 Å². The molecule has 0 saturated heterocycles. The molecule has 4 heterocycles. The zero-order chi connectivity index (χ0) is 98.6. The fourth-order valence-electron chi connectivity index (χ4n) is 19.8. The number of hydrogen-bond donors (Lipinski definition) is 0. The molecule has 0 spiro atoms. The largest absolute Gasteiger partial charge is 0.310 e. The number of nitrogens with zero attached hydrogens (tertiary/aromatic N) is 4. The zero-order valence-corrected chi connectivity index (χ0v) is 82.3. The molecule has 0 amide bonds. The number of fused-ring (bicyclic) bond motifs is 10. The quantitative estimate of drug-likeness (QED) is 0.141. The van der Waals surface area contributed by atoms with Crippen LogP contribution in [0.15, 0.2) is 242 Å². The van der Waals surface area contributed by atoms with Gasteiger partial charge in [0, 0.05) is 77.9 Å². The molecule has 0 aliphatic carbocycles. The average molecular weight is 1680 g/mol. The molecule has 0 radical (unpaired) electrons. The molecule has 2 aliphatic heterocycles. The first-order valence-electron chi connectivity index (χ1n) is 50.3. The molecular formula is C122H139BN4. The summed E-state index contributed by atoms with van der Waals surface area (Å²) in [6.45, 7) is 76.3. The van der Waals surface area contributed by atoms with Crippen molar-refractivity contribution in [3.63, 3.8) is 0 Å². The molecule has 4 nitrogen and oxygen atoms in total. The van der Waals surface area contributed by atoms with Crippen molar-refractivity contribution in [2.75, 3.05) is 9.80 Å². The Morgan fingerprint density at radius 1 is 0.228 bits per heavy atom. The third-order valence-electron chi connectivity index (χ3n) is 27.4. The van der Waals surface area contributed by atoms with E-state index in [4.69, 9.17) is 0 Å². The summed E-state index contributed by atoms with van der Waals surface area (Å²) < 4.78 is 82.2. The van der Waals surface area contributed by atoms with Gasteiger partial charge in [-0.05, 0) is 256 Å². The van der Waals surface area contributed by atoms with Gasteiger partial charge in [-0.3, -0.25) is 0 Å². The van der Waals surface area contributed by atoms with Crippen molar-refractivity contribution in [3.05, 3.63) is 304 Å². The number of para-hydroxylation sites is 2. The Morgan fingerprint density at radius 3 is 1.01 bits per heavy atom. The van der Waals surface area contributed by atoms with Gasteiger partial charge in [0.15, 0.2) is 0 Å². The first kappa shape index (κ1) is 78.4. The third kappa shape index (κ3) is 15.5. The summed E-state index contributed by atoms with van der Waals surface area (Å²) in [4.78, 5) is 5.33. The molecule has 17 rings (SSSR count). The summed E-state index contributed by atoms with van der Waals surface area (Å²) >= 11 is 0. The summed E-state index contributed by atoms with van der Waals surface area (Å²) in [5.74, 6) is 0. The van der Waals surface area contributed by atoms with E-state index >= 15 is 0 Å². The second kappa shape index (κ2) is 29.9. The normalized spacial score (nSPS) is 14.9. The first-order valence-corrected chi connectivity index (χ1v) is 46.3. The minimum absolute atomic E-state index is 0.0145. The molecule has 0 unspecified atom stereocenters. The standard InChI is InChI=1S/C122H139BN4/c1-112(2,3)75-48-46-74(47-49-75)89-65-80(117(16,17)18)68-95(90-62-76(113(4,5)6)51-57-97(90)121(28,29)30)110(89)126-105-72-83(124-101-44-38-35-41-87(101)88-42-36-39-45-102(88)124)54-58-99(105)123-100-59-55-84(125-103-60-52-77(114(7,8)9)63-91(103)92-64-78(115(10,11)12)53-61-104(92)125)73-106(100)127(108-71-82(119(22,23)24)70-107(126)109(108)123)111-93(85-40-34-37-43-96(85)120(25,26)27)66-81(118(19,20)21)67-94(111)86-56-50-79(116(13,14)15)69-98(86)122(31,32)33/h34-73H,1-33H3/i35D,36D,38D,39D,41D,42D,44D,45D. The van der Waals surface area contributed by atoms with Gasteiger partial charge in [0.1, 0.15) is 0 Å². The Bertz CT molecular complexity index is 7310. The number of anilines is 6. The molecule has 127 heavy (non-hydrogen) atoms. The van der Waals surface area contributed by atoms with Gasteiger partial charge < -0.3 is 18.9 Å². The molecule has 13 aromatic carbocycles. The molecule has 650 valence electrons. The van der Waals surface area contributed by atoms with Crippen LogP contribution in [0.3, 0.4) is 0 Å². The molecule has 0 fully saturated rings. The minimum atomic E-state index is -0.570. The summed E-state index contributed by atoms with van der Waals surface area (Å²) in [6, 6.07) is 72.7. The van der Waals surface area contributed by atoms with Gasteiger partial charge in [-0.2, -0.15) is 0 Å². The van der Waals surface area contributed by atoms with Crippen LogP contribution in [0.4, 0.5) is 34.1 Å². The van der Waals surface area contributed by atoms with E-state index in [1.165, 1.54) is 60.8 Å². The van der Waals surface area contributed by atoms with Crippen LogP contribution >= 0.6 is 0 Å². The van der Waals surface area contributed by atoms with E-state index in [0.29, 0.717) is 5.69 Å². The first-order chi connectivity index (χ1) is 62.3. The SMILES string of the molecule is [2H]c1c([2H])c([2H])c2c(c1[2H])c1c([2H])c([2H])c([2H])c([2H])c1n2-c1ccc2c(c1)N(c1c(-c3ccc(C(C)(C)C)cc3)cc(C(C)(C)C)cc1-c1cc(C(C)(C)C)ccc1C(C)(C)C)c1cc(C(C)(C)C)cc3c1B2c1ccc(-n2c4ccc(C(C)(C)C)cc4c4cc(C(C)(C)C)ccc42)cc1N3c1c(-c2ccccc2C(C)(C)C)cc(C(C)(C)C)cc1-c1ccc(C(C)(C)C)cc1C(C)(C)C. The summed E-state index contributed by atoms with van der Waals surface area (Å²) in [7, 11) is 0. The van der Waals surface area contributed by atoms with Gasteiger partial charge in [0.25, 0.3) is 6.71 Å². The highest BCUT2D eigenvalue weighted by molar-refractivity contribution is 7.00. The van der Waals surface area contributed by atoms with Crippen LogP contribution in [0.5, 0.6) is 0 Å². The molecule has 0 atom stereocenters. The lowest BCUT2D eigenvalue weighted by atomic mass is 9.33. The molecule has 2 aliphatic rings. The van der Waals surface area contributed by atoms with Gasteiger partial charge in [-0.25, -0.2) is 0 Å². The van der Waals surface area contributed by atoms with Crippen LogP contribution in [-0.2, 0) is 59.6 Å². The van der Waals surface area contributed by atoms with Crippen molar-refractivity contribution in [2.24, 2.45) is 0 Å². The van der Waals surface area contributed by atoms with E-state index in [0.717, 1.165) is 123 Å². The third-order valence-corrected chi connectivity index (χ3v) is 27.4. The van der Waals surface area contributed by atoms with Crippen LogP contribution in [0.25, 0.3) is 99.5 Å². The molecule has 0 bridgehead atoms.